The van der Waals surface area contributed by atoms with Crippen molar-refractivity contribution in [2.24, 2.45) is 0 Å². The topological polar surface area (TPSA) is 67.8 Å². The number of rotatable bonds is 8. The van der Waals surface area contributed by atoms with Crippen molar-refractivity contribution < 1.29 is 19.4 Å². The second-order valence-corrected chi connectivity index (χ2v) is 4.82. The first-order chi connectivity index (χ1) is 9.52. The van der Waals surface area contributed by atoms with Gasteiger partial charge in [0.1, 0.15) is 18.5 Å². The Labute approximate surface area is 127 Å². The van der Waals surface area contributed by atoms with Crippen molar-refractivity contribution in [2.45, 2.75) is 13.0 Å². The number of benzene rings is 1. The molecule has 0 aliphatic heterocycles. The average Bonchev–Trinajstić information content (AvgIpc) is 2.40. The number of ether oxygens (including phenoxy) is 2. The van der Waals surface area contributed by atoms with Crippen LogP contribution in [0.5, 0.6) is 5.75 Å². The molecule has 7 heteroatoms. The lowest BCUT2D eigenvalue weighted by Crippen LogP contribution is -2.35. The van der Waals surface area contributed by atoms with E-state index in [2.05, 4.69) is 5.32 Å². The molecule has 2 N–H and O–H groups in total. The molecule has 0 aromatic heterocycles. The predicted molar refractivity (Wildman–Crippen MR) is 77.5 cm³/mol. The maximum Gasteiger partial charge on any atom is 0.319 e. The van der Waals surface area contributed by atoms with Crippen LogP contribution in [0.15, 0.2) is 18.2 Å². The van der Waals surface area contributed by atoms with Crippen molar-refractivity contribution in [1.29, 1.82) is 0 Å². The highest BCUT2D eigenvalue weighted by Gasteiger charge is 2.09. The predicted octanol–water partition coefficient (Wildman–Crippen LogP) is 1.89. The zero-order valence-electron chi connectivity index (χ0n) is 11.1. The fourth-order valence-electron chi connectivity index (χ4n) is 1.39. The van der Waals surface area contributed by atoms with E-state index in [9.17, 15) is 9.90 Å². The standard InChI is InChI=1S/C13H17Cl2NO4/c1-2-19-13(18)7-16-6-10(17)8-20-12-5-9(14)3-4-11(12)15/h3-5,10,16-17H,2,6-8H2,1H3. The van der Waals surface area contributed by atoms with E-state index >= 15 is 0 Å². The van der Waals surface area contributed by atoms with Crippen LogP contribution in [0.3, 0.4) is 0 Å². The van der Waals surface area contributed by atoms with Crippen molar-refractivity contribution in [3.05, 3.63) is 28.2 Å². The molecule has 5 nitrogen and oxygen atoms in total. The van der Waals surface area contributed by atoms with Crippen molar-refractivity contribution >= 4 is 29.2 Å². The molecule has 1 aromatic rings. The second kappa shape index (κ2) is 9.02. The van der Waals surface area contributed by atoms with Crippen molar-refractivity contribution in [1.82, 2.24) is 5.32 Å². The third-order valence-corrected chi connectivity index (χ3v) is 2.83. The molecule has 0 aliphatic carbocycles. The molecule has 1 unspecified atom stereocenters. The van der Waals surface area contributed by atoms with Gasteiger partial charge in [-0.15, -0.1) is 0 Å². The summed E-state index contributed by atoms with van der Waals surface area (Å²) in [4.78, 5) is 11.1. The summed E-state index contributed by atoms with van der Waals surface area (Å²) in [5.74, 6) is 0.0436. The van der Waals surface area contributed by atoms with Crippen LogP contribution in [0.4, 0.5) is 0 Å². The summed E-state index contributed by atoms with van der Waals surface area (Å²) in [7, 11) is 0. The maximum atomic E-state index is 11.1. The Kier molecular flexibility index (Phi) is 7.69. The van der Waals surface area contributed by atoms with E-state index in [4.69, 9.17) is 32.7 Å². The van der Waals surface area contributed by atoms with E-state index in [1.54, 1.807) is 25.1 Å². The number of carbonyl (C=O) groups is 1. The summed E-state index contributed by atoms with van der Waals surface area (Å²) in [5.41, 5.74) is 0. The zero-order chi connectivity index (χ0) is 15.0. The van der Waals surface area contributed by atoms with Gasteiger partial charge in [-0.1, -0.05) is 23.2 Å². The number of carbonyl (C=O) groups excluding carboxylic acids is 1. The molecule has 0 bridgehead atoms. The molecule has 0 spiro atoms. The largest absolute Gasteiger partial charge is 0.489 e. The first kappa shape index (κ1) is 17.0. The van der Waals surface area contributed by atoms with Crippen LogP contribution in [0, 0.1) is 0 Å². The molecule has 0 saturated carbocycles. The van der Waals surface area contributed by atoms with Gasteiger partial charge in [0, 0.05) is 17.6 Å². The van der Waals surface area contributed by atoms with Crippen LogP contribution in [-0.4, -0.2) is 43.5 Å². The Balaban J connectivity index is 2.27. The highest BCUT2D eigenvalue weighted by atomic mass is 35.5. The Bertz CT molecular complexity index is 442. The van der Waals surface area contributed by atoms with E-state index in [0.29, 0.717) is 22.4 Å². The Morgan fingerprint density at radius 1 is 1.45 bits per heavy atom. The molecule has 1 rings (SSSR count). The minimum atomic E-state index is -0.778. The lowest BCUT2D eigenvalue weighted by atomic mass is 10.3. The number of halogens is 2. The van der Waals surface area contributed by atoms with Crippen LogP contribution in [0.25, 0.3) is 0 Å². The minimum absolute atomic E-state index is 0.0376. The molecule has 0 aliphatic rings. The van der Waals surface area contributed by atoms with Crippen LogP contribution in [0.1, 0.15) is 6.92 Å². The summed E-state index contributed by atoms with van der Waals surface area (Å²) in [6.07, 6.45) is -0.778. The van der Waals surface area contributed by atoms with E-state index in [1.807, 2.05) is 0 Å². The normalized spacial score (nSPS) is 12.0. The molecular formula is C13H17Cl2NO4. The van der Waals surface area contributed by atoms with Crippen LogP contribution in [-0.2, 0) is 9.53 Å². The fourth-order valence-corrected chi connectivity index (χ4v) is 1.72. The summed E-state index contributed by atoms with van der Waals surface area (Å²) >= 11 is 11.7. The molecule has 112 valence electrons. The Morgan fingerprint density at radius 3 is 2.90 bits per heavy atom. The molecule has 0 amide bonds. The minimum Gasteiger partial charge on any atom is -0.489 e. The van der Waals surface area contributed by atoms with Crippen LogP contribution < -0.4 is 10.1 Å². The number of hydrogen-bond acceptors (Lipinski definition) is 5. The second-order valence-electron chi connectivity index (χ2n) is 3.98. The average molecular weight is 322 g/mol. The zero-order valence-corrected chi connectivity index (χ0v) is 12.6. The van der Waals surface area contributed by atoms with E-state index in [0.717, 1.165) is 0 Å². The van der Waals surface area contributed by atoms with Gasteiger partial charge in [0.05, 0.1) is 18.2 Å². The summed E-state index contributed by atoms with van der Waals surface area (Å²) in [5, 5.41) is 13.4. The third-order valence-electron chi connectivity index (χ3n) is 2.28. The summed E-state index contributed by atoms with van der Waals surface area (Å²) in [6, 6.07) is 4.83. The third kappa shape index (κ3) is 6.43. The molecule has 0 radical (unpaired) electrons. The number of esters is 1. The maximum absolute atomic E-state index is 11.1. The van der Waals surface area contributed by atoms with E-state index in [1.165, 1.54) is 0 Å². The van der Waals surface area contributed by atoms with Gasteiger partial charge < -0.3 is 19.9 Å². The van der Waals surface area contributed by atoms with Crippen LogP contribution in [0.2, 0.25) is 10.0 Å². The molecule has 1 aromatic carbocycles. The van der Waals surface area contributed by atoms with E-state index < -0.39 is 6.10 Å². The SMILES string of the molecule is CCOC(=O)CNCC(O)COc1cc(Cl)ccc1Cl. The number of hydrogen-bond donors (Lipinski definition) is 2. The van der Waals surface area contributed by atoms with Gasteiger partial charge in [0.25, 0.3) is 0 Å². The first-order valence-electron chi connectivity index (χ1n) is 6.15. The molecule has 20 heavy (non-hydrogen) atoms. The van der Waals surface area contributed by atoms with Crippen molar-refractivity contribution in [2.75, 3.05) is 26.3 Å². The summed E-state index contributed by atoms with van der Waals surface area (Å²) < 4.78 is 10.1. The molecule has 0 heterocycles. The Hall–Kier alpha value is -1.01. The van der Waals surface area contributed by atoms with Gasteiger partial charge in [-0.3, -0.25) is 4.79 Å². The lowest BCUT2D eigenvalue weighted by molar-refractivity contribution is -0.142. The van der Waals surface area contributed by atoms with Crippen molar-refractivity contribution in [3.63, 3.8) is 0 Å². The van der Waals surface area contributed by atoms with Crippen molar-refractivity contribution in [3.8, 4) is 5.75 Å². The smallest absolute Gasteiger partial charge is 0.319 e. The molecule has 0 saturated heterocycles. The van der Waals surface area contributed by atoms with E-state index in [-0.39, 0.29) is 25.7 Å². The van der Waals surface area contributed by atoms with Gasteiger partial charge >= 0.3 is 5.97 Å². The first-order valence-corrected chi connectivity index (χ1v) is 6.90. The van der Waals surface area contributed by atoms with Gasteiger partial charge in [0.2, 0.25) is 0 Å². The van der Waals surface area contributed by atoms with Gasteiger partial charge in [-0.05, 0) is 19.1 Å². The fraction of sp³-hybridized carbons (Fsp3) is 0.462. The molecular weight excluding hydrogens is 305 g/mol. The van der Waals surface area contributed by atoms with Gasteiger partial charge in [0.15, 0.2) is 0 Å². The van der Waals surface area contributed by atoms with Gasteiger partial charge in [-0.25, -0.2) is 0 Å². The highest BCUT2D eigenvalue weighted by Crippen LogP contribution is 2.27. The molecule has 0 fully saturated rings. The summed E-state index contributed by atoms with van der Waals surface area (Å²) in [6.45, 7) is 2.35. The van der Waals surface area contributed by atoms with Crippen LogP contribution >= 0.6 is 23.2 Å². The van der Waals surface area contributed by atoms with Gasteiger partial charge in [-0.2, -0.15) is 0 Å². The Morgan fingerprint density at radius 2 is 2.20 bits per heavy atom. The highest BCUT2D eigenvalue weighted by molar-refractivity contribution is 6.34. The number of nitrogens with one attached hydrogen (secondary N) is 1. The quantitative estimate of drug-likeness (QED) is 0.716. The number of aliphatic hydroxyl groups excluding tert-OH is 1. The lowest BCUT2D eigenvalue weighted by Gasteiger charge is -2.14. The monoisotopic (exact) mass is 321 g/mol. The molecule has 1 atom stereocenters. The number of aliphatic hydroxyl groups is 1.